The molecule has 1 N–H and O–H groups in total. The van der Waals surface area contributed by atoms with Crippen LogP contribution in [0, 0.1) is 0 Å². The molecule has 0 bridgehead atoms. The highest BCUT2D eigenvalue weighted by Gasteiger charge is 2.23. The predicted molar refractivity (Wildman–Crippen MR) is 110 cm³/mol. The zero-order valence-corrected chi connectivity index (χ0v) is 17.3. The normalized spacial score (nSPS) is 19.8. The first-order valence-corrected chi connectivity index (χ1v) is 10.2. The third kappa shape index (κ3) is 5.97. The Hall–Kier alpha value is -1.54. The van der Waals surface area contributed by atoms with Gasteiger partial charge in [0.2, 0.25) is 5.91 Å². The van der Waals surface area contributed by atoms with Crippen LogP contribution in [0.25, 0.3) is 0 Å². The van der Waals surface area contributed by atoms with Crippen LogP contribution >= 0.6 is 35.0 Å². The van der Waals surface area contributed by atoms with Gasteiger partial charge >= 0.3 is 0 Å². The second-order valence-electron chi connectivity index (χ2n) is 6.37. The van der Waals surface area contributed by atoms with Crippen LogP contribution in [0.15, 0.2) is 35.6 Å². The van der Waals surface area contributed by atoms with E-state index in [1.54, 1.807) is 18.2 Å². The monoisotopic (exact) mass is 426 g/mol. The molecule has 2 unspecified atom stereocenters. The van der Waals surface area contributed by atoms with Gasteiger partial charge in [0.15, 0.2) is 0 Å². The lowest BCUT2D eigenvalue weighted by Gasteiger charge is -2.36. The van der Waals surface area contributed by atoms with E-state index in [-0.39, 0.29) is 23.9 Å². The number of rotatable bonds is 5. The first-order valence-electron chi connectivity index (χ1n) is 8.50. The fourth-order valence-corrected chi connectivity index (χ4v) is 4.10. The van der Waals surface area contributed by atoms with Gasteiger partial charge in [-0.1, -0.05) is 35.0 Å². The van der Waals surface area contributed by atoms with Crippen molar-refractivity contribution in [3.8, 4) is 0 Å². The van der Waals surface area contributed by atoms with Crippen LogP contribution in [0.4, 0.5) is 11.5 Å². The Morgan fingerprint density at radius 3 is 2.52 bits per heavy atom. The molecule has 9 heteroatoms. The van der Waals surface area contributed by atoms with Crippen LogP contribution in [-0.2, 0) is 9.53 Å². The highest BCUT2D eigenvalue weighted by atomic mass is 35.5. The summed E-state index contributed by atoms with van der Waals surface area (Å²) < 4.78 is 5.76. The van der Waals surface area contributed by atoms with E-state index in [2.05, 4.69) is 20.2 Å². The summed E-state index contributed by atoms with van der Waals surface area (Å²) in [7, 11) is 0. The van der Waals surface area contributed by atoms with Crippen LogP contribution in [-0.4, -0.2) is 46.9 Å². The van der Waals surface area contributed by atoms with Crippen molar-refractivity contribution in [2.45, 2.75) is 31.1 Å². The summed E-state index contributed by atoms with van der Waals surface area (Å²) in [5.41, 5.74) is 0.567. The summed E-state index contributed by atoms with van der Waals surface area (Å²) in [6, 6.07) is 6.82. The Kier molecular flexibility index (Phi) is 6.81. The number of ether oxygens (including phenoxy) is 1. The van der Waals surface area contributed by atoms with Gasteiger partial charge in [0.05, 0.1) is 18.0 Å². The molecule has 2 aromatic rings. The van der Waals surface area contributed by atoms with Crippen molar-refractivity contribution in [2.75, 3.05) is 29.1 Å². The van der Waals surface area contributed by atoms with E-state index in [4.69, 9.17) is 27.9 Å². The zero-order valence-electron chi connectivity index (χ0n) is 15.0. The number of aromatic nitrogens is 2. The largest absolute Gasteiger partial charge is 0.372 e. The second kappa shape index (κ2) is 9.10. The molecule has 2 heterocycles. The molecule has 1 aromatic heterocycles. The fourth-order valence-electron chi connectivity index (χ4n) is 2.91. The Morgan fingerprint density at radius 1 is 1.19 bits per heavy atom. The average Bonchev–Trinajstić information content (AvgIpc) is 2.58. The van der Waals surface area contributed by atoms with Gasteiger partial charge in [0.25, 0.3) is 0 Å². The Morgan fingerprint density at radius 2 is 1.85 bits per heavy atom. The molecule has 1 amide bonds. The molecule has 144 valence electrons. The molecule has 6 nitrogen and oxygen atoms in total. The van der Waals surface area contributed by atoms with Crippen LogP contribution in [0.1, 0.15) is 13.8 Å². The van der Waals surface area contributed by atoms with Crippen LogP contribution in [0.3, 0.4) is 0 Å². The number of amides is 1. The molecule has 0 aliphatic carbocycles. The highest BCUT2D eigenvalue weighted by Crippen LogP contribution is 2.24. The molecular weight excluding hydrogens is 407 g/mol. The van der Waals surface area contributed by atoms with E-state index < -0.39 is 0 Å². The summed E-state index contributed by atoms with van der Waals surface area (Å²) in [5, 5.41) is 4.47. The summed E-state index contributed by atoms with van der Waals surface area (Å²) in [4.78, 5) is 23.0. The minimum absolute atomic E-state index is 0.148. The van der Waals surface area contributed by atoms with Gasteiger partial charge in [-0.2, -0.15) is 0 Å². The smallest absolute Gasteiger partial charge is 0.234 e. The predicted octanol–water partition coefficient (Wildman–Crippen LogP) is 4.13. The van der Waals surface area contributed by atoms with E-state index >= 15 is 0 Å². The van der Waals surface area contributed by atoms with Crippen molar-refractivity contribution in [1.82, 2.24) is 9.97 Å². The number of anilines is 2. The molecule has 1 aliphatic rings. The van der Waals surface area contributed by atoms with Gasteiger partial charge in [-0.25, -0.2) is 9.97 Å². The Bertz CT molecular complexity index is 793. The number of thioether (sulfide) groups is 1. The SMILES string of the molecule is CC1CN(c2cc(SCC(=O)Nc3cc(Cl)cc(Cl)c3)ncn2)CC(C)O1. The minimum Gasteiger partial charge on any atom is -0.372 e. The summed E-state index contributed by atoms with van der Waals surface area (Å²) in [6.45, 7) is 5.65. The Labute approximate surface area is 172 Å². The lowest BCUT2D eigenvalue weighted by Crippen LogP contribution is -2.45. The molecule has 1 aromatic carbocycles. The van der Waals surface area contributed by atoms with E-state index in [1.807, 2.05) is 19.9 Å². The van der Waals surface area contributed by atoms with Crippen molar-refractivity contribution in [2.24, 2.45) is 0 Å². The van der Waals surface area contributed by atoms with E-state index in [0.717, 1.165) is 23.9 Å². The minimum atomic E-state index is -0.160. The molecule has 27 heavy (non-hydrogen) atoms. The lowest BCUT2D eigenvalue weighted by atomic mass is 10.2. The highest BCUT2D eigenvalue weighted by molar-refractivity contribution is 7.99. The van der Waals surface area contributed by atoms with Gasteiger partial charge in [0.1, 0.15) is 17.2 Å². The van der Waals surface area contributed by atoms with E-state index in [0.29, 0.717) is 15.7 Å². The van der Waals surface area contributed by atoms with Crippen molar-refractivity contribution in [3.05, 3.63) is 40.6 Å². The van der Waals surface area contributed by atoms with Gasteiger partial charge in [0, 0.05) is 34.9 Å². The number of carbonyl (C=O) groups excluding carboxylic acids is 1. The molecule has 1 saturated heterocycles. The molecule has 2 atom stereocenters. The summed E-state index contributed by atoms with van der Waals surface area (Å²) >= 11 is 13.2. The van der Waals surface area contributed by atoms with Crippen LogP contribution < -0.4 is 10.2 Å². The van der Waals surface area contributed by atoms with Crippen LogP contribution in [0.2, 0.25) is 10.0 Å². The Balaban J connectivity index is 1.58. The van der Waals surface area contributed by atoms with Crippen molar-refractivity contribution in [3.63, 3.8) is 0 Å². The molecule has 0 saturated carbocycles. The molecule has 0 spiro atoms. The topological polar surface area (TPSA) is 67.4 Å². The van der Waals surface area contributed by atoms with E-state index in [1.165, 1.54) is 18.1 Å². The number of morpholine rings is 1. The molecule has 1 fully saturated rings. The number of nitrogens with zero attached hydrogens (tertiary/aromatic N) is 3. The van der Waals surface area contributed by atoms with Gasteiger partial charge < -0.3 is 15.0 Å². The number of carbonyl (C=O) groups is 1. The fraction of sp³-hybridized carbons (Fsp3) is 0.389. The number of hydrogen-bond donors (Lipinski definition) is 1. The summed E-state index contributed by atoms with van der Waals surface area (Å²) in [6.07, 6.45) is 1.82. The summed E-state index contributed by atoms with van der Waals surface area (Å²) in [5.74, 6) is 0.903. The van der Waals surface area contributed by atoms with Crippen LogP contribution in [0.5, 0.6) is 0 Å². The third-order valence-corrected chi connectivity index (χ3v) is 5.23. The molecule has 3 rings (SSSR count). The first kappa shape index (κ1) is 20.2. The maximum absolute atomic E-state index is 12.2. The van der Waals surface area contributed by atoms with Crippen molar-refractivity contribution >= 4 is 52.4 Å². The van der Waals surface area contributed by atoms with Gasteiger partial charge in [-0.15, -0.1) is 0 Å². The van der Waals surface area contributed by atoms with Crippen molar-refractivity contribution < 1.29 is 9.53 Å². The average molecular weight is 427 g/mol. The maximum Gasteiger partial charge on any atom is 0.234 e. The van der Waals surface area contributed by atoms with Gasteiger partial charge in [-0.05, 0) is 32.0 Å². The number of benzene rings is 1. The molecular formula is C18H20Cl2N4O2S. The van der Waals surface area contributed by atoms with Gasteiger partial charge in [-0.3, -0.25) is 4.79 Å². The zero-order chi connectivity index (χ0) is 19.4. The maximum atomic E-state index is 12.2. The van der Waals surface area contributed by atoms with Crippen molar-refractivity contribution in [1.29, 1.82) is 0 Å². The number of halogens is 2. The van der Waals surface area contributed by atoms with E-state index in [9.17, 15) is 4.79 Å². The molecule has 1 aliphatic heterocycles. The third-order valence-electron chi connectivity index (χ3n) is 3.87. The lowest BCUT2D eigenvalue weighted by molar-refractivity contribution is -0.113. The number of nitrogens with one attached hydrogen (secondary N) is 1. The first-order chi connectivity index (χ1) is 12.9. The number of hydrogen-bond acceptors (Lipinski definition) is 6. The second-order valence-corrected chi connectivity index (χ2v) is 8.24. The standard InChI is InChI=1S/C18H20Cl2N4O2S/c1-11-7-24(8-12(2)26-11)16-6-18(22-10-21-16)27-9-17(25)23-15-4-13(19)3-14(20)5-15/h3-6,10-12H,7-9H2,1-2H3,(H,23,25). The quantitative estimate of drug-likeness (QED) is 0.572. The molecule has 0 radical (unpaired) electrons.